The molecule has 0 aromatic rings. The van der Waals surface area contributed by atoms with Gasteiger partial charge in [0.1, 0.15) is 6.29 Å². The van der Waals surface area contributed by atoms with Crippen LogP contribution in [0.1, 0.15) is 34.1 Å². The van der Waals surface area contributed by atoms with E-state index >= 15 is 0 Å². The van der Waals surface area contributed by atoms with Gasteiger partial charge in [0.05, 0.1) is 6.04 Å². The van der Waals surface area contributed by atoms with Crippen molar-refractivity contribution >= 4 is 12.2 Å². The zero-order chi connectivity index (χ0) is 14.8. The Hall–Kier alpha value is -0.980. The van der Waals surface area contributed by atoms with Crippen LogP contribution >= 0.6 is 0 Å². The van der Waals surface area contributed by atoms with Crippen LogP contribution in [0.25, 0.3) is 0 Å². The molecule has 6 heteroatoms. The molecule has 1 amide bonds. The molecule has 1 atom stereocenters. The summed E-state index contributed by atoms with van der Waals surface area (Å²) in [6.45, 7) is 10.5. The summed E-state index contributed by atoms with van der Waals surface area (Å²) < 4.78 is 0. The van der Waals surface area contributed by atoms with E-state index in [1.54, 1.807) is 0 Å². The van der Waals surface area contributed by atoms with Gasteiger partial charge in [-0.3, -0.25) is 4.79 Å². The Kier molecular flexibility index (Phi) is 26.3. The lowest BCUT2D eigenvalue weighted by molar-refractivity contribution is -0.123. The molecule has 0 radical (unpaired) electrons. The second kappa shape index (κ2) is 21.3. The molecule has 0 bridgehead atoms. The fourth-order valence-corrected chi connectivity index (χ4v) is 0.852. The number of carbonyl (C=O) groups excluding carboxylic acids is 2. The fraction of sp³-hybridized carbons (Fsp3) is 0.833. The topological polar surface area (TPSA) is 110 Å². The highest BCUT2D eigenvalue weighted by Crippen LogP contribution is 1.82. The van der Waals surface area contributed by atoms with E-state index in [4.69, 9.17) is 11.5 Å². The minimum atomic E-state index is -0.702. The number of hydrogen-bond acceptors (Lipinski definition) is 5. The average Bonchev–Trinajstić information content (AvgIpc) is 2.43. The lowest BCUT2D eigenvalue weighted by atomic mass is 10.2. The van der Waals surface area contributed by atoms with Crippen molar-refractivity contribution in [2.24, 2.45) is 11.5 Å². The van der Waals surface area contributed by atoms with Crippen LogP contribution in [0.4, 0.5) is 0 Å². The summed E-state index contributed by atoms with van der Waals surface area (Å²) in [5.41, 5.74) is 10.5. The van der Waals surface area contributed by atoms with Crippen molar-refractivity contribution in [1.82, 2.24) is 10.6 Å². The van der Waals surface area contributed by atoms with Gasteiger partial charge in [0.15, 0.2) is 0 Å². The molecular weight excluding hydrogens is 232 g/mol. The Morgan fingerprint density at radius 1 is 1.17 bits per heavy atom. The van der Waals surface area contributed by atoms with Crippen LogP contribution in [0.15, 0.2) is 0 Å². The van der Waals surface area contributed by atoms with Gasteiger partial charge in [-0.05, 0) is 0 Å². The first kappa shape index (κ1) is 22.2. The summed E-state index contributed by atoms with van der Waals surface area (Å²) in [5, 5.41) is 5.64. The Bertz CT molecular complexity index is 177. The van der Waals surface area contributed by atoms with Crippen LogP contribution in [0.5, 0.6) is 0 Å². The molecule has 0 saturated heterocycles. The van der Waals surface area contributed by atoms with Gasteiger partial charge in [0, 0.05) is 32.6 Å². The largest absolute Gasteiger partial charge is 0.355 e. The molecule has 0 rings (SSSR count). The number of rotatable bonds is 8. The van der Waals surface area contributed by atoms with Gasteiger partial charge in [-0.15, -0.1) is 0 Å². The number of aldehydes is 1. The number of nitrogens with two attached hydrogens (primary N) is 2. The van der Waals surface area contributed by atoms with Gasteiger partial charge in [0.2, 0.25) is 5.91 Å². The molecular formula is C12H30N4O2. The van der Waals surface area contributed by atoms with E-state index in [0.717, 1.165) is 6.54 Å². The highest BCUT2D eigenvalue weighted by molar-refractivity contribution is 5.80. The van der Waals surface area contributed by atoms with Gasteiger partial charge >= 0.3 is 0 Å². The molecule has 0 heterocycles. The third-order valence-electron chi connectivity index (χ3n) is 1.54. The van der Waals surface area contributed by atoms with Gasteiger partial charge in [0.25, 0.3) is 0 Å². The first-order chi connectivity index (χ1) is 8.70. The monoisotopic (exact) mass is 262 g/mol. The maximum absolute atomic E-state index is 11.0. The van der Waals surface area contributed by atoms with Gasteiger partial charge in [-0.2, -0.15) is 0 Å². The van der Waals surface area contributed by atoms with Crippen LogP contribution in [0, 0.1) is 0 Å². The van der Waals surface area contributed by atoms with Crippen molar-refractivity contribution < 1.29 is 9.59 Å². The lowest BCUT2D eigenvalue weighted by Crippen LogP contribution is -2.37. The van der Waals surface area contributed by atoms with Gasteiger partial charge < -0.3 is 26.9 Å². The number of amides is 1. The Morgan fingerprint density at radius 3 is 2.17 bits per heavy atom. The van der Waals surface area contributed by atoms with Gasteiger partial charge in [-0.25, -0.2) is 0 Å². The molecule has 18 heavy (non-hydrogen) atoms. The standard InChI is InChI=1S/C8H18N4O2.2C2H6/c9-1-2-11-3-4-12-8(14)5-7(10)6-13;2*1-2/h6-7,11H,1-5,9-10H2,(H,12,14);2*1-2H3. The zero-order valence-corrected chi connectivity index (χ0v) is 12.2. The van der Waals surface area contributed by atoms with Crippen molar-refractivity contribution in [3.05, 3.63) is 0 Å². The molecule has 6 N–H and O–H groups in total. The number of carbonyl (C=O) groups is 2. The Balaban J connectivity index is -0.000000506. The average molecular weight is 262 g/mol. The van der Waals surface area contributed by atoms with Crippen molar-refractivity contribution in [2.45, 2.75) is 40.2 Å². The summed E-state index contributed by atoms with van der Waals surface area (Å²) in [7, 11) is 0. The van der Waals surface area contributed by atoms with Crippen LogP contribution in [-0.4, -0.2) is 44.4 Å². The summed E-state index contributed by atoms with van der Waals surface area (Å²) in [4.78, 5) is 21.2. The number of nitrogens with one attached hydrogen (secondary N) is 2. The predicted molar refractivity (Wildman–Crippen MR) is 76.3 cm³/mol. The molecule has 0 fully saturated rings. The molecule has 0 aliphatic rings. The van der Waals surface area contributed by atoms with Crippen molar-refractivity contribution in [3.8, 4) is 0 Å². The highest BCUT2D eigenvalue weighted by Gasteiger charge is 2.06. The molecule has 0 aromatic heterocycles. The van der Waals surface area contributed by atoms with Crippen LogP contribution in [0.2, 0.25) is 0 Å². The molecule has 0 aliphatic heterocycles. The molecule has 0 aliphatic carbocycles. The van der Waals surface area contributed by atoms with Crippen LogP contribution in [0.3, 0.4) is 0 Å². The van der Waals surface area contributed by atoms with E-state index in [1.165, 1.54) is 0 Å². The predicted octanol–water partition coefficient (Wildman–Crippen LogP) is -0.380. The third-order valence-corrected chi connectivity index (χ3v) is 1.54. The molecule has 0 spiro atoms. The number of hydrogen-bond donors (Lipinski definition) is 4. The van der Waals surface area contributed by atoms with E-state index in [-0.39, 0.29) is 12.3 Å². The first-order valence-electron chi connectivity index (χ1n) is 6.59. The third kappa shape index (κ3) is 20.4. The smallest absolute Gasteiger partial charge is 0.222 e. The molecule has 6 nitrogen and oxygen atoms in total. The van der Waals surface area contributed by atoms with Crippen LogP contribution in [-0.2, 0) is 9.59 Å². The van der Waals surface area contributed by atoms with Crippen molar-refractivity contribution in [2.75, 3.05) is 26.2 Å². The quantitative estimate of drug-likeness (QED) is 0.352. The van der Waals surface area contributed by atoms with E-state index in [2.05, 4.69) is 10.6 Å². The summed E-state index contributed by atoms with van der Waals surface area (Å²) >= 11 is 0. The zero-order valence-electron chi connectivity index (χ0n) is 12.2. The normalized spacial score (nSPS) is 10.1. The lowest BCUT2D eigenvalue weighted by Gasteiger charge is -2.06. The summed E-state index contributed by atoms with van der Waals surface area (Å²) in [6.07, 6.45) is 0.604. The van der Waals surface area contributed by atoms with Crippen molar-refractivity contribution in [3.63, 3.8) is 0 Å². The van der Waals surface area contributed by atoms with E-state index in [1.807, 2.05) is 27.7 Å². The fourth-order valence-electron chi connectivity index (χ4n) is 0.852. The maximum Gasteiger partial charge on any atom is 0.222 e. The van der Waals surface area contributed by atoms with E-state index in [0.29, 0.717) is 25.9 Å². The molecule has 0 saturated carbocycles. The van der Waals surface area contributed by atoms with Crippen LogP contribution < -0.4 is 22.1 Å². The van der Waals surface area contributed by atoms with Crippen molar-refractivity contribution in [1.29, 1.82) is 0 Å². The SMILES string of the molecule is CC.CC.NCCNCCNC(=O)CC(N)C=O. The second-order valence-corrected chi connectivity index (χ2v) is 2.89. The highest BCUT2D eigenvalue weighted by atomic mass is 16.1. The maximum atomic E-state index is 11.0. The Morgan fingerprint density at radius 2 is 1.72 bits per heavy atom. The molecule has 0 aromatic carbocycles. The summed E-state index contributed by atoms with van der Waals surface area (Å²) in [5.74, 6) is -0.209. The van der Waals surface area contributed by atoms with E-state index in [9.17, 15) is 9.59 Å². The Labute approximate surface area is 111 Å². The van der Waals surface area contributed by atoms with Gasteiger partial charge in [-0.1, -0.05) is 27.7 Å². The minimum absolute atomic E-state index is 0.0421. The molecule has 1 unspecified atom stereocenters. The second-order valence-electron chi connectivity index (χ2n) is 2.89. The summed E-state index contributed by atoms with van der Waals surface area (Å²) in [6, 6.07) is -0.702. The first-order valence-corrected chi connectivity index (χ1v) is 6.59. The molecule has 110 valence electrons. The minimum Gasteiger partial charge on any atom is -0.355 e. The van der Waals surface area contributed by atoms with E-state index < -0.39 is 6.04 Å².